The van der Waals surface area contributed by atoms with Crippen LogP contribution in [0.4, 0.5) is 5.95 Å². The molecule has 0 amide bonds. The molecule has 1 aliphatic carbocycles. The number of hydrogen-bond acceptors (Lipinski definition) is 6. The Kier molecular flexibility index (Phi) is 6.44. The molecule has 2 aromatic rings. The highest BCUT2D eigenvalue weighted by Crippen LogP contribution is 2.32. The number of benzene rings is 1. The molecule has 0 radical (unpaired) electrons. The lowest BCUT2D eigenvalue weighted by molar-refractivity contribution is 0.191. The molecule has 6 heteroatoms. The van der Waals surface area contributed by atoms with E-state index in [9.17, 15) is 0 Å². The largest absolute Gasteiger partial charge is 0.383 e. The number of aromatic nitrogens is 2. The van der Waals surface area contributed by atoms with E-state index in [1.54, 1.807) is 7.11 Å². The molecular weight excluding hydrogens is 374 g/mol. The molecule has 0 saturated heterocycles. The van der Waals surface area contributed by atoms with Gasteiger partial charge in [-0.2, -0.15) is 0 Å². The fourth-order valence-electron chi connectivity index (χ4n) is 4.45. The van der Waals surface area contributed by atoms with Gasteiger partial charge >= 0.3 is 0 Å². The predicted octanol–water partition coefficient (Wildman–Crippen LogP) is 3.81. The first-order valence-electron chi connectivity index (χ1n) is 11.0. The first-order chi connectivity index (χ1) is 14.5. The lowest BCUT2D eigenvalue weighted by atomic mass is 9.79. The van der Waals surface area contributed by atoms with Crippen molar-refractivity contribution in [2.75, 3.05) is 32.1 Å². The lowest BCUT2D eigenvalue weighted by Crippen LogP contribution is -2.38. The van der Waals surface area contributed by atoms with Gasteiger partial charge in [-0.25, -0.2) is 9.97 Å². The van der Waals surface area contributed by atoms with Crippen molar-refractivity contribution in [3.8, 4) is 11.3 Å². The number of ether oxygens (including phenoxy) is 1. The summed E-state index contributed by atoms with van der Waals surface area (Å²) in [6, 6.07) is 9.57. The zero-order valence-electron chi connectivity index (χ0n) is 18.3. The highest BCUT2D eigenvalue weighted by atomic mass is 16.5. The Morgan fingerprint density at radius 2 is 1.90 bits per heavy atom. The predicted molar refractivity (Wildman–Crippen MR) is 123 cm³/mol. The van der Waals surface area contributed by atoms with Crippen LogP contribution in [0.1, 0.15) is 50.7 Å². The van der Waals surface area contributed by atoms with Gasteiger partial charge in [-0.05, 0) is 48.9 Å². The van der Waals surface area contributed by atoms with E-state index in [0.29, 0.717) is 12.1 Å². The second-order valence-electron chi connectivity index (χ2n) is 9.06. The van der Waals surface area contributed by atoms with Crippen LogP contribution in [0, 0.1) is 0 Å². The van der Waals surface area contributed by atoms with E-state index in [4.69, 9.17) is 9.72 Å². The summed E-state index contributed by atoms with van der Waals surface area (Å²) in [5.41, 5.74) is 4.68. The smallest absolute Gasteiger partial charge is 0.223 e. The van der Waals surface area contributed by atoms with E-state index in [0.717, 1.165) is 49.7 Å². The van der Waals surface area contributed by atoms with E-state index in [-0.39, 0.29) is 5.41 Å². The normalized spacial score (nSPS) is 22.5. The van der Waals surface area contributed by atoms with Crippen LogP contribution in [0.15, 0.2) is 35.5 Å². The second-order valence-corrected chi connectivity index (χ2v) is 9.06. The second kappa shape index (κ2) is 9.23. The maximum atomic E-state index is 5.12. The van der Waals surface area contributed by atoms with Gasteiger partial charge in [0.15, 0.2) is 0 Å². The van der Waals surface area contributed by atoms with E-state index >= 15 is 0 Å². The molecule has 160 valence electrons. The van der Waals surface area contributed by atoms with Crippen molar-refractivity contribution in [3.05, 3.63) is 41.6 Å². The van der Waals surface area contributed by atoms with Crippen molar-refractivity contribution in [3.63, 3.8) is 0 Å². The molecule has 1 aliphatic heterocycles. The van der Waals surface area contributed by atoms with E-state index in [1.165, 1.54) is 24.0 Å². The summed E-state index contributed by atoms with van der Waals surface area (Å²) < 4.78 is 5.12. The first-order valence-corrected chi connectivity index (χ1v) is 11.0. The van der Waals surface area contributed by atoms with Gasteiger partial charge in [0.05, 0.1) is 12.3 Å². The van der Waals surface area contributed by atoms with Crippen molar-refractivity contribution in [2.24, 2.45) is 4.99 Å². The van der Waals surface area contributed by atoms with Crippen molar-refractivity contribution in [1.82, 2.24) is 15.3 Å². The molecule has 0 bridgehead atoms. The number of nitrogens with zero attached hydrogens (tertiary/aromatic N) is 3. The standard InChI is InChI=1S/C24H33N5O/c1-24(2)16-25-15-18-5-4-17(14-21(18)24)22-10-11-27-23(29-22)28-20-8-6-19(7-9-20)26-12-13-30-3/h4-5,10-11,14-15,19-20,26H,6-9,12-13,16H2,1-3H3,(H,27,28,29). The molecule has 4 rings (SSSR count). The molecule has 2 N–H and O–H groups in total. The SMILES string of the molecule is COCCNC1CCC(Nc2nccc(-c3ccc4c(c3)C(C)(C)CN=C4)n2)CC1. The molecule has 0 atom stereocenters. The van der Waals surface area contributed by atoms with Crippen molar-refractivity contribution < 1.29 is 4.74 Å². The summed E-state index contributed by atoms with van der Waals surface area (Å²) in [6.45, 7) is 7.02. The Morgan fingerprint density at radius 3 is 2.70 bits per heavy atom. The Labute approximate surface area is 179 Å². The Morgan fingerprint density at radius 1 is 1.10 bits per heavy atom. The van der Waals surface area contributed by atoms with Gasteiger partial charge in [0, 0.05) is 55.7 Å². The number of fused-ring (bicyclic) bond motifs is 1. The Bertz CT molecular complexity index is 887. The fourth-order valence-corrected chi connectivity index (χ4v) is 4.45. The van der Waals surface area contributed by atoms with Gasteiger partial charge in [-0.1, -0.05) is 26.0 Å². The average molecular weight is 408 g/mol. The third-order valence-electron chi connectivity index (χ3n) is 6.25. The number of nitrogens with one attached hydrogen (secondary N) is 2. The average Bonchev–Trinajstić information content (AvgIpc) is 2.75. The number of methoxy groups -OCH3 is 1. The van der Waals surface area contributed by atoms with Crippen LogP contribution in [0.2, 0.25) is 0 Å². The van der Waals surface area contributed by atoms with Gasteiger partial charge in [0.1, 0.15) is 0 Å². The minimum absolute atomic E-state index is 0.0458. The molecule has 0 unspecified atom stereocenters. The Hall–Kier alpha value is -2.31. The summed E-state index contributed by atoms with van der Waals surface area (Å²) in [7, 11) is 1.75. The van der Waals surface area contributed by atoms with Gasteiger partial charge in [0.25, 0.3) is 0 Å². The van der Waals surface area contributed by atoms with Crippen LogP contribution in [0.5, 0.6) is 0 Å². The van der Waals surface area contributed by atoms with Gasteiger partial charge in [-0.3, -0.25) is 4.99 Å². The highest BCUT2D eigenvalue weighted by Gasteiger charge is 2.26. The maximum Gasteiger partial charge on any atom is 0.223 e. The molecule has 1 saturated carbocycles. The molecular formula is C24H33N5O. The van der Waals surface area contributed by atoms with Crippen LogP contribution < -0.4 is 10.6 Å². The summed E-state index contributed by atoms with van der Waals surface area (Å²) in [4.78, 5) is 13.8. The van der Waals surface area contributed by atoms with Gasteiger partial charge in [0.2, 0.25) is 5.95 Å². The molecule has 30 heavy (non-hydrogen) atoms. The maximum absolute atomic E-state index is 5.12. The van der Waals surface area contributed by atoms with Crippen LogP contribution in [-0.4, -0.2) is 55.1 Å². The molecule has 1 fully saturated rings. The molecule has 2 heterocycles. The highest BCUT2D eigenvalue weighted by molar-refractivity contribution is 5.85. The van der Waals surface area contributed by atoms with Gasteiger partial charge < -0.3 is 15.4 Å². The van der Waals surface area contributed by atoms with Crippen LogP contribution >= 0.6 is 0 Å². The lowest BCUT2D eigenvalue weighted by Gasteiger charge is -2.30. The third kappa shape index (κ3) is 4.87. The topological polar surface area (TPSA) is 71.4 Å². The Balaban J connectivity index is 1.41. The summed E-state index contributed by atoms with van der Waals surface area (Å²) >= 11 is 0. The van der Waals surface area contributed by atoms with Crippen molar-refractivity contribution >= 4 is 12.2 Å². The van der Waals surface area contributed by atoms with Crippen molar-refractivity contribution in [2.45, 2.75) is 57.0 Å². The van der Waals surface area contributed by atoms with Crippen LogP contribution in [-0.2, 0) is 10.2 Å². The molecule has 1 aromatic heterocycles. The first kappa shape index (κ1) is 20.9. The fraction of sp³-hybridized carbons (Fsp3) is 0.542. The van der Waals surface area contributed by atoms with E-state index in [2.05, 4.69) is 52.7 Å². The monoisotopic (exact) mass is 407 g/mol. The van der Waals surface area contributed by atoms with Gasteiger partial charge in [-0.15, -0.1) is 0 Å². The molecule has 1 aromatic carbocycles. The minimum atomic E-state index is 0.0458. The van der Waals surface area contributed by atoms with E-state index in [1.807, 2.05) is 18.5 Å². The molecule has 0 spiro atoms. The summed E-state index contributed by atoms with van der Waals surface area (Å²) in [5, 5.41) is 7.14. The number of rotatable bonds is 7. The van der Waals surface area contributed by atoms with Crippen LogP contribution in [0.3, 0.4) is 0 Å². The zero-order chi connectivity index (χ0) is 21.0. The minimum Gasteiger partial charge on any atom is -0.383 e. The number of anilines is 1. The summed E-state index contributed by atoms with van der Waals surface area (Å²) in [5.74, 6) is 0.724. The quantitative estimate of drug-likeness (QED) is 0.683. The summed E-state index contributed by atoms with van der Waals surface area (Å²) in [6.07, 6.45) is 8.44. The number of hydrogen-bond donors (Lipinski definition) is 2. The zero-order valence-corrected chi connectivity index (χ0v) is 18.3. The third-order valence-corrected chi connectivity index (χ3v) is 6.25. The number of aliphatic imine (C=N–C) groups is 1. The van der Waals surface area contributed by atoms with Crippen LogP contribution in [0.25, 0.3) is 11.3 Å². The molecule has 6 nitrogen and oxygen atoms in total. The molecule has 2 aliphatic rings. The van der Waals surface area contributed by atoms with Crippen molar-refractivity contribution in [1.29, 1.82) is 0 Å². The van der Waals surface area contributed by atoms with E-state index < -0.39 is 0 Å².